The van der Waals surface area contributed by atoms with Crippen LogP contribution >= 0.6 is 22.6 Å². The van der Waals surface area contributed by atoms with Crippen molar-refractivity contribution in [1.82, 2.24) is 4.90 Å². The van der Waals surface area contributed by atoms with Gasteiger partial charge in [-0.2, -0.15) is 0 Å². The van der Waals surface area contributed by atoms with Gasteiger partial charge < -0.3 is 14.4 Å². The molecule has 0 N–H and O–H groups in total. The van der Waals surface area contributed by atoms with E-state index in [0.717, 1.165) is 50.1 Å². The van der Waals surface area contributed by atoms with E-state index in [2.05, 4.69) is 93.3 Å². The number of nitrogens with zero attached hydrogens (tertiary/aromatic N) is 1. The number of allylic oxidation sites excluding steroid dienone is 4. The minimum atomic E-state index is -0.398. The third-order valence-electron chi connectivity index (χ3n) is 8.80. The van der Waals surface area contributed by atoms with E-state index in [1.165, 1.54) is 11.1 Å². The molecular formula is C35H42INO4. The Hall–Kier alpha value is -2.61. The van der Waals surface area contributed by atoms with Crippen LogP contribution in [0.1, 0.15) is 88.5 Å². The van der Waals surface area contributed by atoms with Crippen LogP contribution in [0.5, 0.6) is 11.5 Å². The highest BCUT2D eigenvalue weighted by molar-refractivity contribution is 14.1. The van der Waals surface area contributed by atoms with Crippen LogP contribution < -0.4 is 9.47 Å². The van der Waals surface area contributed by atoms with Gasteiger partial charge in [-0.05, 0) is 101 Å². The van der Waals surface area contributed by atoms with Crippen LogP contribution in [0.15, 0.2) is 52.9 Å². The molecular weight excluding hydrogens is 625 g/mol. The second kappa shape index (κ2) is 10.9. The predicted octanol–water partition coefficient (Wildman–Crippen LogP) is 8.20. The fraction of sp³-hybridized carbons (Fsp3) is 0.486. The van der Waals surface area contributed by atoms with E-state index in [9.17, 15) is 9.59 Å². The summed E-state index contributed by atoms with van der Waals surface area (Å²) in [6.07, 6.45) is 2.56. The molecule has 2 aliphatic carbocycles. The fourth-order valence-corrected chi connectivity index (χ4v) is 7.49. The molecule has 0 fully saturated rings. The van der Waals surface area contributed by atoms with Gasteiger partial charge in [0.15, 0.2) is 23.1 Å². The van der Waals surface area contributed by atoms with E-state index in [0.29, 0.717) is 37.6 Å². The lowest BCUT2D eigenvalue weighted by atomic mass is 9.64. The number of hydrogen-bond acceptors (Lipinski definition) is 5. The highest BCUT2D eigenvalue weighted by Gasteiger charge is 2.48. The molecule has 0 bridgehead atoms. The summed E-state index contributed by atoms with van der Waals surface area (Å²) in [6, 6.07) is 10.5. The van der Waals surface area contributed by atoms with Gasteiger partial charge in [0.25, 0.3) is 0 Å². The van der Waals surface area contributed by atoms with E-state index >= 15 is 0 Å². The van der Waals surface area contributed by atoms with Crippen molar-refractivity contribution in [2.75, 3.05) is 13.7 Å². The lowest BCUT2D eigenvalue weighted by Gasteiger charge is -2.48. The first-order valence-electron chi connectivity index (χ1n) is 14.6. The van der Waals surface area contributed by atoms with Crippen molar-refractivity contribution in [3.63, 3.8) is 0 Å². The summed E-state index contributed by atoms with van der Waals surface area (Å²) >= 11 is 2.31. The smallest absolute Gasteiger partial charge is 0.174 e. The molecule has 0 unspecified atom stereocenters. The predicted molar refractivity (Wildman–Crippen MR) is 171 cm³/mol. The van der Waals surface area contributed by atoms with E-state index in [-0.39, 0.29) is 22.4 Å². The molecule has 0 spiro atoms. The van der Waals surface area contributed by atoms with Crippen molar-refractivity contribution in [3.8, 4) is 11.5 Å². The van der Waals surface area contributed by atoms with Gasteiger partial charge in [0.1, 0.15) is 6.61 Å². The fourth-order valence-electron chi connectivity index (χ4n) is 6.70. The molecule has 41 heavy (non-hydrogen) atoms. The number of hydrogen-bond donors (Lipinski definition) is 0. The number of aryl methyl sites for hydroxylation is 2. The molecule has 0 atom stereocenters. The molecule has 0 amide bonds. The summed E-state index contributed by atoms with van der Waals surface area (Å²) < 4.78 is 13.4. The van der Waals surface area contributed by atoms with Crippen molar-refractivity contribution in [3.05, 3.63) is 78.7 Å². The van der Waals surface area contributed by atoms with Crippen LogP contribution in [0.3, 0.4) is 0 Å². The van der Waals surface area contributed by atoms with E-state index < -0.39 is 5.92 Å². The lowest BCUT2D eigenvalue weighted by molar-refractivity contribution is -0.119. The summed E-state index contributed by atoms with van der Waals surface area (Å²) in [5.41, 5.74) is 7.93. The first-order chi connectivity index (χ1) is 19.2. The Morgan fingerprint density at radius 2 is 1.44 bits per heavy atom. The zero-order chi connectivity index (χ0) is 29.9. The minimum absolute atomic E-state index is 0.127. The van der Waals surface area contributed by atoms with Gasteiger partial charge in [-0.3, -0.25) is 9.59 Å². The zero-order valence-corrected chi connectivity index (χ0v) is 27.8. The van der Waals surface area contributed by atoms with Crippen molar-refractivity contribution < 1.29 is 19.1 Å². The number of Topliss-reactive ketones (excluding diaryl/α,β-unsaturated/α-hetero) is 2. The number of carbonyl (C=O) groups is 2. The number of ether oxygens (including phenoxy) is 2. The second-order valence-electron chi connectivity index (χ2n) is 13.6. The van der Waals surface area contributed by atoms with Gasteiger partial charge in [-0.1, -0.05) is 45.9 Å². The quantitative estimate of drug-likeness (QED) is 0.291. The third kappa shape index (κ3) is 5.73. The molecule has 1 aliphatic heterocycles. The maximum Gasteiger partial charge on any atom is 0.174 e. The molecule has 0 saturated heterocycles. The monoisotopic (exact) mass is 667 g/mol. The summed E-state index contributed by atoms with van der Waals surface area (Å²) in [6.45, 7) is 15.7. The van der Waals surface area contributed by atoms with Crippen LogP contribution in [0, 0.1) is 28.2 Å². The highest BCUT2D eigenvalue weighted by atomic mass is 127. The van der Waals surface area contributed by atoms with Gasteiger partial charge in [-0.15, -0.1) is 0 Å². The van der Waals surface area contributed by atoms with Gasteiger partial charge in [-0.25, -0.2) is 0 Å². The summed E-state index contributed by atoms with van der Waals surface area (Å²) in [7, 11) is 2.04. The molecule has 218 valence electrons. The topological polar surface area (TPSA) is 55.8 Å². The Balaban J connectivity index is 1.63. The second-order valence-corrected chi connectivity index (χ2v) is 14.7. The SMILES string of the molecule is CCOc1cc(C2C3=C(CC(C)(C)CC3=O)N(C)C3=C2C(=O)CC(C)(C)C3)cc(I)c1OCc1ccc(C)c(C)c1. The molecule has 3 aliphatic rings. The van der Waals surface area contributed by atoms with E-state index in [1.807, 2.05) is 20.0 Å². The highest BCUT2D eigenvalue weighted by Crippen LogP contribution is 2.54. The van der Waals surface area contributed by atoms with Crippen LogP contribution in [-0.2, 0) is 16.2 Å². The average Bonchev–Trinajstić information content (AvgIpc) is 2.85. The van der Waals surface area contributed by atoms with Crippen molar-refractivity contribution in [2.24, 2.45) is 10.8 Å². The van der Waals surface area contributed by atoms with Crippen LogP contribution in [0.4, 0.5) is 0 Å². The van der Waals surface area contributed by atoms with Crippen LogP contribution in [-0.4, -0.2) is 30.1 Å². The Morgan fingerprint density at radius 1 is 0.854 bits per heavy atom. The van der Waals surface area contributed by atoms with Crippen LogP contribution in [0.25, 0.3) is 0 Å². The van der Waals surface area contributed by atoms with Gasteiger partial charge >= 0.3 is 0 Å². The van der Waals surface area contributed by atoms with Gasteiger partial charge in [0.2, 0.25) is 0 Å². The molecule has 0 aromatic heterocycles. The normalized spacial score (nSPS) is 20.3. The minimum Gasteiger partial charge on any atom is -0.490 e. The summed E-state index contributed by atoms with van der Waals surface area (Å²) in [5.74, 6) is 1.22. The van der Waals surface area contributed by atoms with E-state index in [1.54, 1.807) is 0 Å². The number of rotatable bonds is 6. The summed E-state index contributed by atoms with van der Waals surface area (Å²) in [5, 5.41) is 0. The molecule has 0 radical (unpaired) electrons. The Bertz CT molecular complexity index is 1440. The van der Waals surface area contributed by atoms with Crippen LogP contribution in [0.2, 0.25) is 0 Å². The number of benzene rings is 2. The number of carbonyl (C=O) groups excluding carboxylic acids is 2. The molecule has 1 heterocycles. The number of halogens is 1. The molecule has 5 rings (SSSR count). The van der Waals surface area contributed by atoms with Crippen molar-refractivity contribution >= 4 is 34.2 Å². The van der Waals surface area contributed by atoms with Gasteiger partial charge in [0.05, 0.1) is 10.2 Å². The molecule has 0 saturated carbocycles. The summed E-state index contributed by atoms with van der Waals surface area (Å²) in [4.78, 5) is 29.9. The first kappa shape index (κ1) is 29.9. The number of ketones is 2. The Kier molecular flexibility index (Phi) is 7.94. The first-order valence-corrected chi connectivity index (χ1v) is 15.7. The lowest BCUT2D eigenvalue weighted by Crippen LogP contribution is -2.43. The van der Waals surface area contributed by atoms with Crippen molar-refractivity contribution in [2.45, 2.75) is 86.7 Å². The van der Waals surface area contributed by atoms with E-state index in [4.69, 9.17) is 9.47 Å². The Labute approximate surface area is 258 Å². The molecule has 6 heteroatoms. The maximum atomic E-state index is 13.9. The Morgan fingerprint density at radius 3 is 1.98 bits per heavy atom. The molecule has 2 aromatic rings. The van der Waals surface area contributed by atoms with Crippen molar-refractivity contribution in [1.29, 1.82) is 0 Å². The zero-order valence-electron chi connectivity index (χ0n) is 25.7. The molecule has 5 nitrogen and oxygen atoms in total. The largest absolute Gasteiger partial charge is 0.490 e. The third-order valence-corrected chi connectivity index (χ3v) is 9.60. The average molecular weight is 668 g/mol. The standard InChI is InChI=1S/C35H42INO4/c1-9-40-29-14-23(13-24(36)33(29)41-19-22-11-10-20(2)21(3)12-22)30-31-25(15-34(4,5)17-27(31)38)37(8)26-16-35(6,7)18-28(39)32(26)30/h10-14,30H,9,15-19H2,1-8H3. The maximum absolute atomic E-state index is 13.9. The molecule has 2 aromatic carbocycles. The van der Waals surface area contributed by atoms with Gasteiger partial charge in [0, 0.05) is 48.3 Å².